The lowest BCUT2D eigenvalue weighted by Gasteiger charge is -2.51. The Balaban J connectivity index is 4.57. The van der Waals surface area contributed by atoms with Crippen LogP contribution in [0.4, 0.5) is 0 Å². The first-order valence-electron chi connectivity index (χ1n) is 16.4. The van der Waals surface area contributed by atoms with Gasteiger partial charge in [0.15, 0.2) is 12.1 Å². The van der Waals surface area contributed by atoms with Gasteiger partial charge < -0.3 is 20.1 Å². The molecule has 0 aliphatic rings. The summed E-state index contributed by atoms with van der Waals surface area (Å²) in [5.41, 5.74) is 0. The van der Waals surface area contributed by atoms with Crippen LogP contribution in [0.1, 0.15) is 156 Å². The zero-order valence-electron chi connectivity index (χ0n) is 26.2. The Morgan fingerprint density at radius 2 is 0.925 bits per heavy atom. The number of hydrogen-bond donors (Lipinski definition) is 2. The van der Waals surface area contributed by atoms with Gasteiger partial charge in [0.2, 0.25) is 0 Å². The molecule has 7 heteroatoms. The molecule has 0 rings (SSSR count). The van der Waals surface area contributed by atoms with Crippen LogP contribution in [0, 0.1) is 0 Å². The van der Waals surface area contributed by atoms with Gasteiger partial charge in [0.1, 0.15) is 6.04 Å². The maximum atomic E-state index is 12.2. The Morgan fingerprint density at radius 1 is 0.575 bits per heavy atom. The summed E-state index contributed by atoms with van der Waals surface area (Å²) in [6.07, 6.45) is 25.5. The second-order valence-electron chi connectivity index (χ2n) is 11.5. The molecule has 0 saturated heterocycles. The van der Waals surface area contributed by atoms with Crippen molar-refractivity contribution in [3.05, 3.63) is 12.2 Å². The van der Waals surface area contributed by atoms with Crippen LogP contribution < -0.4 is 5.11 Å². The minimum atomic E-state index is -1.38. The van der Waals surface area contributed by atoms with Crippen LogP contribution in [0.5, 0.6) is 0 Å². The second-order valence-corrected chi connectivity index (χ2v) is 11.5. The number of carboxylic acid groups (broad SMARTS) is 3. The average molecular weight is 568 g/mol. The number of allylic oxidation sites excluding steroid dienone is 2. The van der Waals surface area contributed by atoms with Crippen molar-refractivity contribution in [3.8, 4) is 0 Å². The van der Waals surface area contributed by atoms with Crippen LogP contribution in [-0.4, -0.2) is 57.3 Å². The lowest BCUT2D eigenvalue weighted by atomic mass is 9.94. The van der Waals surface area contributed by atoms with E-state index in [1.807, 2.05) is 0 Å². The molecule has 0 aliphatic carbocycles. The van der Waals surface area contributed by atoms with E-state index < -0.39 is 40.5 Å². The smallest absolute Gasteiger partial charge is 0.362 e. The van der Waals surface area contributed by atoms with Crippen molar-refractivity contribution in [2.75, 3.05) is 6.54 Å². The molecular formula is C33H61NO6. The summed E-state index contributed by atoms with van der Waals surface area (Å²) in [4.78, 5) is 36.6. The minimum absolute atomic E-state index is 0.116. The van der Waals surface area contributed by atoms with Gasteiger partial charge in [-0.3, -0.25) is 4.48 Å². The molecule has 0 fully saturated rings. The van der Waals surface area contributed by atoms with Gasteiger partial charge in [0, 0.05) is 25.7 Å². The van der Waals surface area contributed by atoms with Gasteiger partial charge in [0.25, 0.3) is 0 Å². The van der Waals surface area contributed by atoms with Crippen LogP contribution in [0.2, 0.25) is 0 Å². The van der Waals surface area contributed by atoms with Crippen LogP contribution in [0.15, 0.2) is 12.2 Å². The van der Waals surface area contributed by atoms with Gasteiger partial charge in [-0.1, -0.05) is 123 Å². The van der Waals surface area contributed by atoms with E-state index in [0.29, 0.717) is 12.8 Å². The Kier molecular flexibility index (Phi) is 22.7. The third kappa shape index (κ3) is 14.1. The molecule has 0 aromatic heterocycles. The summed E-state index contributed by atoms with van der Waals surface area (Å²) in [5.74, 6) is -3.69. The van der Waals surface area contributed by atoms with Crippen LogP contribution in [-0.2, 0) is 14.4 Å². The monoisotopic (exact) mass is 567 g/mol. The van der Waals surface area contributed by atoms with Gasteiger partial charge in [-0.25, -0.2) is 9.59 Å². The molecule has 0 bridgehead atoms. The lowest BCUT2D eigenvalue weighted by molar-refractivity contribution is -0.974. The highest BCUT2D eigenvalue weighted by Crippen LogP contribution is 2.32. The van der Waals surface area contributed by atoms with Crippen molar-refractivity contribution in [3.63, 3.8) is 0 Å². The van der Waals surface area contributed by atoms with Crippen molar-refractivity contribution in [1.29, 1.82) is 0 Å². The van der Waals surface area contributed by atoms with E-state index in [4.69, 9.17) is 0 Å². The summed E-state index contributed by atoms with van der Waals surface area (Å²) >= 11 is 0. The first-order chi connectivity index (χ1) is 19.2. The minimum Gasteiger partial charge on any atom is -0.544 e. The molecule has 3 atom stereocenters. The van der Waals surface area contributed by atoms with E-state index in [1.54, 1.807) is 20.8 Å². The van der Waals surface area contributed by atoms with Gasteiger partial charge in [-0.15, -0.1) is 0 Å². The summed E-state index contributed by atoms with van der Waals surface area (Å²) < 4.78 is -0.497. The number of hydrogen-bond acceptors (Lipinski definition) is 4. The molecule has 0 heterocycles. The van der Waals surface area contributed by atoms with Crippen molar-refractivity contribution < 1.29 is 34.2 Å². The Bertz CT molecular complexity index is 652. The molecule has 0 radical (unpaired) electrons. The highest BCUT2D eigenvalue weighted by molar-refractivity contribution is 5.77. The van der Waals surface area contributed by atoms with Gasteiger partial charge in [0.05, 0.1) is 12.5 Å². The fourth-order valence-corrected chi connectivity index (χ4v) is 6.44. The van der Waals surface area contributed by atoms with Crippen molar-refractivity contribution in [2.45, 2.75) is 174 Å². The maximum Gasteiger partial charge on any atom is 0.362 e. The first-order valence-corrected chi connectivity index (χ1v) is 16.4. The molecule has 3 unspecified atom stereocenters. The van der Waals surface area contributed by atoms with Crippen LogP contribution in [0.25, 0.3) is 0 Å². The number of carboxylic acids is 3. The molecule has 0 amide bonds. The topological polar surface area (TPSA) is 115 Å². The van der Waals surface area contributed by atoms with Gasteiger partial charge >= 0.3 is 11.9 Å². The second kappa shape index (κ2) is 23.8. The SMILES string of the molecule is CCCCCCCCCCCCCCCC/C=C/CCC[N+](C(CC)C(=O)[O-])(C(CC)C(=O)O)C(CC)C(=O)O. The number of unbranched alkanes of at least 4 members (excludes halogenated alkanes) is 15. The quantitative estimate of drug-likeness (QED) is 0.0584. The Morgan fingerprint density at radius 3 is 1.25 bits per heavy atom. The van der Waals surface area contributed by atoms with Gasteiger partial charge in [-0.05, 0) is 19.3 Å². The predicted octanol–water partition coefficient (Wildman–Crippen LogP) is 7.27. The molecule has 234 valence electrons. The first kappa shape index (κ1) is 38.1. The number of aliphatic carboxylic acids is 3. The standard InChI is InChI=1S/C33H61NO6/c1-5-9-10-11-12-13-14-15-16-17-18-19-20-21-22-23-24-25-26-27-34(28(6-2)31(35)36,29(7-3)32(37)38)30(8-4)33(39)40/h23-24,28-30H,5-22,25-27H2,1-4H3,(H2-,35,36,37,38,39,40)/b24-23+. The summed E-state index contributed by atoms with van der Waals surface area (Å²) in [6, 6.07) is -3.44. The number of carbonyl (C=O) groups excluding carboxylic acids is 1. The van der Waals surface area contributed by atoms with Crippen LogP contribution >= 0.6 is 0 Å². The number of rotatable bonds is 28. The fraction of sp³-hybridized carbons (Fsp3) is 0.848. The van der Waals surface area contributed by atoms with Crippen molar-refractivity contribution >= 4 is 17.9 Å². The molecule has 0 aromatic rings. The van der Waals surface area contributed by atoms with Crippen LogP contribution in [0.3, 0.4) is 0 Å². The normalized spacial score (nSPS) is 15.5. The third-order valence-corrected chi connectivity index (χ3v) is 8.55. The van der Waals surface area contributed by atoms with E-state index in [2.05, 4.69) is 19.1 Å². The molecule has 40 heavy (non-hydrogen) atoms. The lowest BCUT2D eigenvalue weighted by Crippen LogP contribution is -2.73. The fourth-order valence-electron chi connectivity index (χ4n) is 6.44. The van der Waals surface area contributed by atoms with E-state index in [9.17, 15) is 29.7 Å². The highest BCUT2D eigenvalue weighted by atomic mass is 16.4. The number of nitrogens with zero attached hydrogens (tertiary/aromatic N) is 1. The zero-order valence-corrected chi connectivity index (χ0v) is 26.2. The van der Waals surface area contributed by atoms with Gasteiger partial charge in [-0.2, -0.15) is 0 Å². The molecule has 0 saturated carbocycles. The molecule has 0 spiro atoms. The van der Waals surface area contributed by atoms with Crippen molar-refractivity contribution in [2.24, 2.45) is 0 Å². The molecule has 7 nitrogen and oxygen atoms in total. The predicted molar refractivity (Wildman–Crippen MR) is 161 cm³/mol. The molecule has 2 N–H and O–H groups in total. The van der Waals surface area contributed by atoms with E-state index in [1.165, 1.54) is 83.5 Å². The Labute approximate surface area is 245 Å². The third-order valence-electron chi connectivity index (χ3n) is 8.55. The summed E-state index contributed by atoms with van der Waals surface area (Å²) in [6.45, 7) is 7.45. The zero-order chi connectivity index (χ0) is 30.2. The Hall–Kier alpha value is -1.89. The number of quaternary nitrogens is 1. The maximum absolute atomic E-state index is 12.2. The van der Waals surface area contributed by atoms with E-state index >= 15 is 0 Å². The van der Waals surface area contributed by atoms with Crippen molar-refractivity contribution in [1.82, 2.24) is 0 Å². The van der Waals surface area contributed by atoms with E-state index in [0.717, 1.165) is 12.8 Å². The molecular weight excluding hydrogens is 506 g/mol. The summed E-state index contributed by atoms with van der Waals surface area (Å²) in [5, 5.41) is 32.1. The molecule has 0 aromatic carbocycles. The molecule has 0 aliphatic heterocycles. The summed E-state index contributed by atoms with van der Waals surface area (Å²) in [7, 11) is 0. The average Bonchev–Trinajstić information content (AvgIpc) is 2.90. The number of carbonyl (C=O) groups is 3. The largest absolute Gasteiger partial charge is 0.544 e. The van der Waals surface area contributed by atoms with E-state index in [-0.39, 0.29) is 25.8 Å². The highest BCUT2D eigenvalue weighted by Gasteiger charge is 2.53.